The quantitative estimate of drug-likeness (QED) is 0.467. The van der Waals surface area contributed by atoms with Crippen LogP contribution in [-0.4, -0.2) is 61.5 Å². The molecule has 4 atom stereocenters. The summed E-state index contributed by atoms with van der Waals surface area (Å²) in [7, 11) is 0. The van der Waals surface area contributed by atoms with Crippen molar-refractivity contribution in [3.05, 3.63) is 22.6 Å². The molecule has 4 heterocycles. The Labute approximate surface area is 158 Å². The van der Waals surface area contributed by atoms with Crippen molar-refractivity contribution in [2.24, 2.45) is 4.99 Å². The zero-order valence-electron chi connectivity index (χ0n) is 15.1. The fourth-order valence-corrected chi connectivity index (χ4v) is 3.60. The smallest absolute Gasteiger partial charge is 0.273 e. The molecule has 0 bridgehead atoms. The third-order valence-electron chi connectivity index (χ3n) is 4.91. The minimum Gasteiger partial charge on any atom is -0.394 e. The molecule has 11 heteroatoms. The van der Waals surface area contributed by atoms with Crippen molar-refractivity contribution in [3.8, 4) is 0 Å². The molecule has 2 aliphatic heterocycles. The van der Waals surface area contributed by atoms with Crippen LogP contribution in [0.5, 0.6) is 0 Å². The first-order chi connectivity index (χ1) is 13.2. The molecule has 1 saturated heterocycles. The summed E-state index contributed by atoms with van der Waals surface area (Å²) in [4.78, 5) is 31.9. The lowest BCUT2D eigenvalue weighted by Gasteiger charge is -2.28. The van der Waals surface area contributed by atoms with Gasteiger partial charge in [0.15, 0.2) is 6.23 Å². The Morgan fingerprint density at radius 2 is 2.25 bits per heavy atom. The molecule has 1 amide bonds. The largest absolute Gasteiger partial charge is 0.394 e. The predicted octanol–water partition coefficient (Wildman–Crippen LogP) is -0.558. The van der Waals surface area contributed by atoms with E-state index in [0.29, 0.717) is 16.6 Å². The van der Waals surface area contributed by atoms with Crippen LogP contribution < -0.4 is 16.2 Å². The molecule has 2 aromatic heterocycles. The molecular weight excluding hydrogens is 370 g/mol. The minimum absolute atomic E-state index is 0.224. The van der Waals surface area contributed by atoms with Crippen molar-refractivity contribution in [1.82, 2.24) is 9.55 Å². The zero-order chi connectivity index (χ0) is 20.2. The van der Waals surface area contributed by atoms with Crippen molar-refractivity contribution < 1.29 is 24.9 Å². The Bertz CT molecular complexity index is 1060. The monoisotopic (exact) mass is 389 g/mol. The highest BCUT2D eigenvalue weighted by atomic mass is 16.6. The first-order valence-electron chi connectivity index (χ1n) is 8.57. The predicted molar refractivity (Wildman–Crippen MR) is 99.7 cm³/mol. The second-order valence-electron chi connectivity index (χ2n) is 6.97. The normalized spacial score (nSPS) is 28.4. The van der Waals surface area contributed by atoms with Crippen molar-refractivity contribution >= 4 is 40.3 Å². The number of amides is 1. The van der Waals surface area contributed by atoms with Crippen LogP contribution in [0.4, 0.5) is 17.3 Å². The summed E-state index contributed by atoms with van der Waals surface area (Å²) >= 11 is 0. The number of anilines is 2. The summed E-state index contributed by atoms with van der Waals surface area (Å²) in [5, 5.41) is 36.8. The number of carbonyl (C=O) groups excluding carboxylic acids is 1. The van der Waals surface area contributed by atoms with Gasteiger partial charge in [0.05, 0.1) is 24.0 Å². The number of aliphatic hydroxyl groups is 3. The number of aromatic nitrogens is 2. The highest BCUT2D eigenvalue weighted by Gasteiger charge is 2.53. The molecule has 0 saturated carbocycles. The molecule has 0 unspecified atom stereocenters. The maximum atomic E-state index is 12.1. The van der Waals surface area contributed by atoms with Gasteiger partial charge >= 0.3 is 0 Å². The standard InChI is InChI=1S/C17H19N5O6/c1-7(24)20-9-3-11(25)21-14-12-8(9)4-22(15(12)19-6-18-14)16-17(2,27)13(26)10(5-23)28-16/h3-4,6,10,13,16,23,26-27H,5H2,1-2H3,(H,20,24)(H,18,19,21,25)/t10-,13-,16-,17+/m1/s1. The van der Waals surface area contributed by atoms with E-state index in [9.17, 15) is 24.9 Å². The van der Waals surface area contributed by atoms with E-state index in [1.807, 2.05) is 0 Å². The topological polar surface area (TPSA) is 158 Å². The molecule has 0 radical (unpaired) electrons. The van der Waals surface area contributed by atoms with E-state index in [1.165, 1.54) is 30.8 Å². The van der Waals surface area contributed by atoms with Gasteiger partial charge in [0, 0.05) is 24.6 Å². The van der Waals surface area contributed by atoms with Crippen LogP contribution in [-0.2, 0) is 9.53 Å². The molecule has 2 aromatic rings. The Hall–Kier alpha value is -2.86. The minimum atomic E-state index is -1.73. The van der Waals surface area contributed by atoms with Crippen LogP contribution in [0.3, 0.4) is 0 Å². The zero-order valence-corrected chi connectivity index (χ0v) is 15.1. The number of ether oxygens (including phenoxy) is 1. The lowest BCUT2D eigenvalue weighted by atomic mass is 9.96. The maximum absolute atomic E-state index is 12.1. The second-order valence-corrected chi connectivity index (χ2v) is 6.97. The number of hydrogen-bond acceptors (Lipinski definition) is 9. The van der Waals surface area contributed by atoms with E-state index in [2.05, 4.69) is 20.6 Å². The average molecular weight is 389 g/mol. The van der Waals surface area contributed by atoms with Crippen molar-refractivity contribution in [1.29, 1.82) is 0 Å². The highest BCUT2D eigenvalue weighted by molar-refractivity contribution is 6.12. The average Bonchev–Trinajstić information content (AvgIpc) is 3.06. The third-order valence-corrected chi connectivity index (χ3v) is 4.91. The molecule has 0 aliphatic carbocycles. The van der Waals surface area contributed by atoms with E-state index < -0.39 is 36.2 Å². The Morgan fingerprint density at radius 1 is 1.50 bits per heavy atom. The van der Waals surface area contributed by atoms with Gasteiger partial charge in [-0.2, -0.15) is 4.98 Å². The molecule has 28 heavy (non-hydrogen) atoms. The first-order valence-corrected chi connectivity index (χ1v) is 8.57. The molecule has 0 aromatic carbocycles. The second kappa shape index (κ2) is 6.34. The third kappa shape index (κ3) is 2.67. The van der Waals surface area contributed by atoms with Gasteiger partial charge < -0.3 is 35.3 Å². The summed E-state index contributed by atoms with van der Waals surface area (Å²) in [5.74, 6) is 0.169. The summed E-state index contributed by atoms with van der Waals surface area (Å²) in [6.07, 6.45) is -0.506. The van der Waals surface area contributed by atoms with Crippen LogP contribution in [0.25, 0.3) is 10.8 Å². The molecule has 1 fully saturated rings. The van der Waals surface area contributed by atoms with Gasteiger partial charge in [-0.25, -0.2) is 4.99 Å². The number of nitrogens with zero attached hydrogens (tertiary/aromatic N) is 3. The number of rotatable bonds is 3. The van der Waals surface area contributed by atoms with Crippen LogP contribution in [0.1, 0.15) is 20.1 Å². The van der Waals surface area contributed by atoms with E-state index in [1.54, 1.807) is 6.20 Å². The summed E-state index contributed by atoms with van der Waals surface area (Å²) < 4.78 is 7.17. The summed E-state index contributed by atoms with van der Waals surface area (Å²) in [5.41, 5.74) is -2.07. The number of carbonyl (C=O) groups is 1. The van der Waals surface area contributed by atoms with Crippen LogP contribution in [0.2, 0.25) is 0 Å². The lowest BCUT2D eigenvalue weighted by molar-refractivity contribution is -0.114. The molecule has 0 spiro atoms. The van der Waals surface area contributed by atoms with Crippen LogP contribution in [0, 0.1) is 0 Å². The SMILES string of the molecule is CC(=O)Nc1cc(=O)nc2c3c(n([C@@H]4O[C@H](CO)[C@@H](O)[C@]4(C)O)cc13)N=CN2. The Morgan fingerprint density at radius 3 is 2.89 bits per heavy atom. The van der Waals surface area contributed by atoms with Crippen LogP contribution >= 0.6 is 0 Å². The van der Waals surface area contributed by atoms with Gasteiger partial charge in [-0.15, -0.1) is 0 Å². The molecule has 148 valence electrons. The van der Waals surface area contributed by atoms with Crippen molar-refractivity contribution in [3.63, 3.8) is 0 Å². The van der Waals surface area contributed by atoms with E-state index in [4.69, 9.17) is 4.74 Å². The van der Waals surface area contributed by atoms with Gasteiger partial charge in [0.2, 0.25) is 5.91 Å². The molecule has 5 N–H and O–H groups in total. The van der Waals surface area contributed by atoms with E-state index >= 15 is 0 Å². The van der Waals surface area contributed by atoms with Gasteiger partial charge in [-0.05, 0) is 6.92 Å². The number of nitrogens with one attached hydrogen (secondary N) is 2. The van der Waals surface area contributed by atoms with Gasteiger partial charge in [0.1, 0.15) is 29.4 Å². The molecule has 4 rings (SSSR count). The van der Waals surface area contributed by atoms with Crippen molar-refractivity contribution in [2.75, 3.05) is 17.2 Å². The van der Waals surface area contributed by atoms with E-state index in [0.717, 1.165) is 0 Å². The number of hydrogen-bond donors (Lipinski definition) is 5. The molecule has 11 nitrogen and oxygen atoms in total. The van der Waals surface area contributed by atoms with Gasteiger partial charge in [-0.3, -0.25) is 9.59 Å². The highest BCUT2D eigenvalue weighted by Crippen LogP contribution is 2.45. The first kappa shape index (κ1) is 18.5. The van der Waals surface area contributed by atoms with Gasteiger partial charge in [-0.1, -0.05) is 0 Å². The summed E-state index contributed by atoms with van der Waals surface area (Å²) in [6.45, 7) is 2.22. The Balaban J connectivity index is 1.99. The maximum Gasteiger partial charge on any atom is 0.273 e. The lowest BCUT2D eigenvalue weighted by Crippen LogP contribution is -2.44. The fraction of sp³-hybridized carbons (Fsp3) is 0.412. The number of aliphatic hydroxyl groups excluding tert-OH is 2. The van der Waals surface area contributed by atoms with Crippen LogP contribution in [0.15, 0.2) is 22.1 Å². The summed E-state index contributed by atoms with van der Waals surface area (Å²) in [6, 6.07) is 1.19. The number of aliphatic imine (C=N–C) groups is 1. The fourth-order valence-electron chi connectivity index (χ4n) is 3.60. The van der Waals surface area contributed by atoms with Crippen molar-refractivity contribution in [2.45, 2.75) is 37.9 Å². The Kier molecular flexibility index (Phi) is 4.19. The molecule has 2 aliphatic rings. The van der Waals surface area contributed by atoms with E-state index in [-0.39, 0.29) is 17.4 Å². The molecular formula is C17H19N5O6. The van der Waals surface area contributed by atoms with Gasteiger partial charge in [0.25, 0.3) is 5.56 Å².